The molecule has 2 heteroatoms. The summed E-state index contributed by atoms with van der Waals surface area (Å²) in [6.07, 6.45) is 1.86. The van der Waals surface area contributed by atoms with Crippen LogP contribution >= 0.6 is 0 Å². The van der Waals surface area contributed by atoms with E-state index in [1.54, 1.807) is 0 Å². The second-order valence-corrected chi connectivity index (χ2v) is 3.31. The Morgan fingerprint density at radius 1 is 1.25 bits per heavy atom. The van der Waals surface area contributed by atoms with E-state index in [4.69, 9.17) is 0 Å². The maximum Gasteiger partial charge on any atom is 0.0955 e. The Morgan fingerprint density at radius 2 is 2.00 bits per heavy atom. The van der Waals surface area contributed by atoms with Crippen LogP contribution in [0.3, 0.4) is 0 Å². The topological polar surface area (TPSA) is 17.8 Å². The number of nitrogens with zero attached hydrogens (tertiary/aromatic N) is 2. The van der Waals surface area contributed by atoms with Crippen molar-refractivity contribution in [1.29, 1.82) is 0 Å². The van der Waals surface area contributed by atoms with Gasteiger partial charge in [0.2, 0.25) is 0 Å². The minimum Gasteiger partial charge on any atom is -0.334 e. The number of rotatable bonds is 0. The number of aromatic nitrogens is 2. The lowest BCUT2D eigenvalue weighted by Gasteiger charge is -1.99. The maximum atomic E-state index is 4.32. The fourth-order valence-corrected chi connectivity index (χ4v) is 1.58. The Labute approximate surface area is 71.8 Å². The molecule has 0 unspecified atom stereocenters. The number of hydrogen-bond donors (Lipinski definition) is 0. The second-order valence-electron chi connectivity index (χ2n) is 3.31. The Bertz CT molecular complexity index is 427. The Balaban J connectivity index is 2.92. The van der Waals surface area contributed by atoms with Crippen molar-refractivity contribution < 1.29 is 0 Å². The largest absolute Gasteiger partial charge is 0.334 e. The van der Waals surface area contributed by atoms with E-state index in [1.165, 1.54) is 16.6 Å². The van der Waals surface area contributed by atoms with Gasteiger partial charge in [0.25, 0.3) is 0 Å². The zero-order valence-electron chi connectivity index (χ0n) is 7.63. The van der Waals surface area contributed by atoms with Crippen LogP contribution in [-0.2, 0) is 7.05 Å². The van der Waals surface area contributed by atoms with Gasteiger partial charge in [0.15, 0.2) is 0 Å². The average molecular weight is 160 g/mol. The molecule has 0 bridgehead atoms. The van der Waals surface area contributed by atoms with Crippen LogP contribution in [-0.4, -0.2) is 9.55 Å². The molecule has 0 aliphatic heterocycles. The van der Waals surface area contributed by atoms with E-state index in [-0.39, 0.29) is 0 Å². The highest BCUT2D eigenvalue weighted by atomic mass is 15.0. The van der Waals surface area contributed by atoms with Gasteiger partial charge in [-0.1, -0.05) is 6.07 Å². The summed E-state index contributed by atoms with van der Waals surface area (Å²) in [6, 6.07) is 4.32. The second kappa shape index (κ2) is 2.34. The van der Waals surface area contributed by atoms with Crippen LogP contribution in [0.5, 0.6) is 0 Å². The third-order valence-electron chi connectivity index (χ3n) is 2.16. The number of fused-ring (bicyclic) bond motifs is 1. The highest BCUT2D eigenvalue weighted by molar-refractivity contribution is 5.79. The van der Waals surface area contributed by atoms with E-state index in [0.717, 1.165) is 5.52 Å². The molecule has 0 atom stereocenters. The monoisotopic (exact) mass is 160 g/mol. The van der Waals surface area contributed by atoms with Crippen molar-refractivity contribution >= 4 is 11.0 Å². The smallest absolute Gasteiger partial charge is 0.0955 e. The van der Waals surface area contributed by atoms with Gasteiger partial charge in [0.1, 0.15) is 0 Å². The summed E-state index contributed by atoms with van der Waals surface area (Å²) in [4.78, 5) is 4.32. The molecule has 0 spiro atoms. The van der Waals surface area contributed by atoms with Crippen LogP contribution in [0.25, 0.3) is 11.0 Å². The molecule has 0 aliphatic rings. The lowest BCUT2D eigenvalue weighted by atomic mass is 10.1. The molecule has 1 aromatic carbocycles. The van der Waals surface area contributed by atoms with E-state index in [1.807, 2.05) is 13.4 Å². The van der Waals surface area contributed by atoms with Crippen molar-refractivity contribution in [1.82, 2.24) is 9.55 Å². The summed E-state index contributed by atoms with van der Waals surface area (Å²) in [6.45, 7) is 4.21. The van der Waals surface area contributed by atoms with Crippen molar-refractivity contribution in [3.8, 4) is 0 Å². The zero-order valence-corrected chi connectivity index (χ0v) is 7.63. The first-order chi connectivity index (χ1) is 5.68. The van der Waals surface area contributed by atoms with Crippen molar-refractivity contribution in [3.63, 3.8) is 0 Å². The average Bonchev–Trinajstić information content (AvgIpc) is 2.33. The van der Waals surface area contributed by atoms with Crippen molar-refractivity contribution in [2.45, 2.75) is 13.8 Å². The van der Waals surface area contributed by atoms with Gasteiger partial charge in [-0.15, -0.1) is 0 Å². The van der Waals surface area contributed by atoms with Crippen LogP contribution in [0, 0.1) is 13.8 Å². The standard InChI is InChI=1S/C10H12N2/c1-7-4-8(2)10-9(5-7)12(3)6-11-10/h4-6H,1-3H3. The molecule has 12 heavy (non-hydrogen) atoms. The Kier molecular flexibility index (Phi) is 1.43. The SMILES string of the molecule is Cc1cc(C)c2ncn(C)c2c1. The van der Waals surface area contributed by atoms with Crippen LogP contribution < -0.4 is 0 Å². The molecular formula is C10H12N2. The Morgan fingerprint density at radius 3 is 2.75 bits per heavy atom. The van der Waals surface area contributed by atoms with Crippen LogP contribution in [0.1, 0.15) is 11.1 Å². The van der Waals surface area contributed by atoms with Crippen LogP contribution in [0.2, 0.25) is 0 Å². The molecule has 1 aromatic heterocycles. The zero-order chi connectivity index (χ0) is 8.72. The van der Waals surface area contributed by atoms with E-state index in [2.05, 4.69) is 35.5 Å². The summed E-state index contributed by atoms with van der Waals surface area (Å²) >= 11 is 0. The van der Waals surface area contributed by atoms with Gasteiger partial charge in [-0.2, -0.15) is 0 Å². The molecule has 0 amide bonds. The highest BCUT2D eigenvalue weighted by Crippen LogP contribution is 2.17. The first-order valence-corrected chi connectivity index (χ1v) is 4.07. The number of benzene rings is 1. The van der Waals surface area contributed by atoms with Gasteiger partial charge in [-0.05, 0) is 31.0 Å². The molecule has 62 valence electrons. The molecule has 0 radical (unpaired) electrons. The molecule has 1 heterocycles. The third kappa shape index (κ3) is 0.916. The minimum absolute atomic E-state index is 1.11. The lowest BCUT2D eigenvalue weighted by molar-refractivity contribution is 0.947. The first kappa shape index (κ1) is 7.35. The summed E-state index contributed by atoms with van der Waals surface area (Å²) in [5.74, 6) is 0. The molecule has 2 aromatic rings. The Hall–Kier alpha value is -1.31. The number of hydrogen-bond acceptors (Lipinski definition) is 1. The van der Waals surface area contributed by atoms with Gasteiger partial charge in [-0.3, -0.25) is 0 Å². The maximum absolute atomic E-state index is 4.32. The summed E-state index contributed by atoms with van der Waals surface area (Å²) in [5, 5.41) is 0. The molecule has 0 saturated carbocycles. The van der Waals surface area contributed by atoms with E-state index in [0.29, 0.717) is 0 Å². The normalized spacial score (nSPS) is 10.9. The fraction of sp³-hybridized carbons (Fsp3) is 0.300. The van der Waals surface area contributed by atoms with Crippen LogP contribution in [0.15, 0.2) is 18.5 Å². The predicted octanol–water partition coefficient (Wildman–Crippen LogP) is 2.19. The first-order valence-electron chi connectivity index (χ1n) is 4.07. The molecule has 0 fully saturated rings. The molecule has 2 rings (SSSR count). The van der Waals surface area contributed by atoms with Crippen molar-refractivity contribution in [2.24, 2.45) is 7.05 Å². The summed E-state index contributed by atoms with van der Waals surface area (Å²) < 4.78 is 2.05. The summed E-state index contributed by atoms with van der Waals surface area (Å²) in [7, 11) is 2.02. The van der Waals surface area contributed by atoms with Crippen molar-refractivity contribution in [3.05, 3.63) is 29.6 Å². The molecule has 0 saturated heterocycles. The number of aryl methyl sites for hydroxylation is 3. The molecule has 0 N–H and O–H groups in total. The molecule has 2 nitrogen and oxygen atoms in total. The van der Waals surface area contributed by atoms with E-state index >= 15 is 0 Å². The van der Waals surface area contributed by atoms with Crippen LogP contribution in [0.4, 0.5) is 0 Å². The fourth-order valence-electron chi connectivity index (χ4n) is 1.58. The summed E-state index contributed by atoms with van der Waals surface area (Å²) in [5.41, 5.74) is 4.88. The lowest BCUT2D eigenvalue weighted by Crippen LogP contribution is -1.85. The molecule has 0 aliphatic carbocycles. The molecular weight excluding hydrogens is 148 g/mol. The predicted molar refractivity (Wildman–Crippen MR) is 50.2 cm³/mol. The third-order valence-corrected chi connectivity index (χ3v) is 2.16. The van der Waals surface area contributed by atoms with Gasteiger partial charge in [0, 0.05) is 7.05 Å². The quantitative estimate of drug-likeness (QED) is 0.577. The van der Waals surface area contributed by atoms with Gasteiger partial charge in [0.05, 0.1) is 17.4 Å². The van der Waals surface area contributed by atoms with Crippen molar-refractivity contribution in [2.75, 3.05) is 0 Å². The minimum atomic E-state index is 1.11. The van der Waals surface area contributed by atoms with Gasteiger partial charge >= 0.3 is 0 Å². The van der Waals surface area contributed by atoms with Gasteiger partial charge < -0.3 is 4.57 Å². The number of imidazole rings is 1. The van der Waals surface area contributed by atoms with E-state index < -0.39 is 0 Å². The highest BCUT2D eigenvalue weighted by Gasteiger charge is 2.02. The van der Waals surface area contributed by atoms with Gasteiger partial charge in [-0.25, -0.2) is 4.98 Å². The van der Waals surface area contributed by atoms with E-state index in [9.17, 15) is 0 Å².